The van der Waals surface area contributed by atoms with Crippen LogP contribution < -0.4 is 4.72 Å². The van der Waals surface area contributed by atoms with E-state index in [1.165, 1.54) is 29.5 Å². The molecule has 21 heavy (non-hydrogen) atoms. The van der Waals surface area contributed by atoms with Gasteiger partial charge in [0.05, 0.1) is 5.54 Å². The van der Waals surface area contributed by atoms with Gasteiger partial charge in [-0.2, -0.15) is 4.72 Å². The zero-order valence-corrected chi connectivity index (χ0v) is 12.8. The number of rotatable bonds is 4. The van der Waals surface area contributed by atoms with Crippen molar-refractivity contribution in [2.24, 2.45) is 0 Å². The molecular formula is C14H13F2NO2S2. The average Bonchev–Trinajstić information content (AvgIpc) is 2.99. The van der Waals surface area contributed by atoms with Crippen LogP contribution in [0.3, 0.4) is 0 Å². The van der Waals surface area contributed by atoms with Gasteiger partial charge in [0.1, 0.15) is 15.8 Å². The van der Waals surface area contributed by atoms with Crippen LogP contribution in [0.15, 0.2) is 34.5 Å². The molecule has 3 rings (SSSR count). The summed E-state index contributed by atoms with van der Waals surface area (Å²) < 4.78 is 54.2. The topological polar surface area (TPSA) is 46.2 Å². The molecule has 0 radical (unpaired) electrons. The van der Waals surface area contributed by atoms with E-state index >= 15 is 0 Å². The van der Waals surface area contributed by atoms with Crippen molar-refractivity contribution in [3.63, 3.8) is 0 Å². The fourth-order valence-corrected chi connectivity index (χ4v) is 5.00. The third-order valence-electron chi connectivity index (χ3n) is 3.48. The summed E-state index contributed by atoms with van der Waals surface area (Å²) in [5.74, 6) is -1.41. The Kier molecular flexibility index (Phi) is 3.38. The maximum atomic E-state index is 13.3. The van der Waals surface area contributed by atoms with E-state index in [2.05, 4.69) is 4.72 Å². The highest BCUT2D eigenvalue weighted by molar-refractivity contribution is 7.91. The average molecular weight is 329 g/mol. The van der Waals surface area contributed by atoms with Gasteiger partial charge in [-0.25, -0.2) is 17.2 Å². The number of halogens is 2. The molecule has 3 nitrogen and oxygen atoms in total. The van der Waals surface area contributed by atoms with Crippen molar-refractivity contribution >= 4 is 21.4 Å². The van der Waals surface area contributed by atoms with E-state index in [-0.39, 0.29) is 4.21 Å². The van der Waals surface area contributed by atoms with E-state index in [1.807, 2.05) is 6.92 Å². The Balaban J connectivity index is 1.93. The lowest BCUT2D eigenvalue weighted by atomic mass is 10.1. The lowest BCUT2D eigenvalue weighted by Crippen LogP contribution is -2.34. The van der Waals surface area contributed by atoms with Crippen LogP contribution in [0, 0.1) is 18.6 Å². The first-order chi connectivity index (χ1) is 9.81. The first kappa shape index (κ1) is 14.6. The minimum atomic E-state index is -3.68. The predicted molar refractivity (Wildman–Crippen MR) is 76.6 cm³/mol. The molecule has 2 aromatic rings. The van der Waals surface area contributed by atoms with Crippen LogP contribution in [0.5, 0.6) is 0 Å². The quantitative estimate of drug-likeness (QED) is 0.935. The summed E-state index contributed by atoms with van der Waals surface area (Å²) in [6.07, 6.45) is 1.05. The Bertz CT molecular complexity index is 775. The smallest absolute Gasteiger partial charge is 0.207 e. The molecule has 1 aliphatic rings. The Labute approximate surface area is 125 Å². The Morgan fingerprint density at radius 3 is 2.24 bits per heavy atom. The second-order valence-electron chi connectivity index (χ2n) is 5.21. The summed E-state index contributed by atoms with van der Waals surface area (Å²) in [7, 11) is -3.68. The minimum Gasteiger partial charge on any atom is -0.207 e. The van der Waals surface area contributed by atoms with E-state index in [0.717, 1.165) is 10.9 Å². The highest BCUT2D eigenvalue weighted by Gasteiger charge is 2.48. The van der Waals surface area contributed by atoms with E-state index in [0.29, 0.717) is 18.4 Å². The highest BCUT2D eigenvalue weighted by Crippen LogP contribution is 2.47. The highest BCUT2D eigenvalue weighted by atomic mass is 32.2. The molecule has 1 saturated carbocycles. The Hall–Kier alpha value is -1.31. The van der Waals surface area contributed by atoms with Gasteiger partial charge in [0.25, 0.3) is 10.0 Å². The van der Waals surface area contributed by atoms with Gasteiger partial charge in [-0.3, -0.25) is 0 Å². The monoisotopic (exact) mass is 329 g/mol. The van der Waals surface area contributed by atoms with Crippen molar-refractivity contribution in [1.29, 1.82) is 0 Å². The van der Waals surface area contributed by atoms with Crippen LogP contribution in [0.4, 0.5) is 8.78 Å². The summed E-state index contributed by atoms with van der Waals surface area (Å²) in [5.41, 5.74) is -0.559. The summed E-state index contributed by atoms with van der Waals surface area (Å²) in [5, 5.41) is 0. The van der Waals surface area contributed by atoms with Gasteiger partial charge in [0, 0.05) is 10.9 Å². The second-order valence-corrected chi connectivity index (χ2v) is 8.41. The van der Waals surface area contributed by atoms with Gasteiger partial charge < -0.3 is 0 Å². The van der Waals surface area contributed by atoms with Crippen LogP contribution in [0.1, 0.15) is 23.3 Å². The summed E-state index contributed by atoms with van der Waals surface area (Å²) in [6, 6.07) is 6.39. The maximum absolute atomic E-state index is 13.3. The van der Waals surface area contributed by atoms with E-state index in [4.69, 9.17) is 0 Å². The molecule has 0 saturated heterocycles. The van der Waals surface area contributed by atoms with Gasteiger partial charge in [-0.1, -0.05) is 0 Å². The molecule has 1 aromatic heterocycles. The van der Waals surface area contributed by atoms with Gasteiger partial charge in [-0.05, 0) is 49.6 Å². The van der Waals surface area contributed by atoms with Crippen molar-refractivity contribution in [2.45, 2.75) is 29.5 Å². The molecule has 1 fully saturated rings. The molecule has 112 valence electrons. The van der Waals surface area contributed by atoms with Crippen LogP contribution >= 0.6 is 11.3 Å². The normalized spacial score (nSPS) is 16.9. The third-order valence-corrected chi connectivity index (χ3v) is 6.50. The number of thiophene rings is 1. The number of nitrogens with one attached hydrogen (secondary N) is 1. The first-order valence-corrected chi connectivity index (χ1v) is 8.68. The van der Waals surface area contributed by atoms with Crippen LogP contribution in [0.2, 0.25) is 0 Å². The molecule has 0 bridgehead atoms. The maximum Gasteiger partial charge on any atom is 0.250 e. The molecule has 0 atom stereocenters. The summed E-state index contributed by atoms with van der Waals surface area (Å²) in [6.45, 7) is 1.82. The van der Waals surface area contributed by atoms with E-state index in [9.17, 15) is 17.2 Å². The number of sulfonamides is 1. The minimum absolute atomic E-state index is 0.211. The van der Waals surface area contributed by atoms with Gasteiger partial charge in [-0.15, -0.1) is 11.3 Å². The first-order valence-electron chi connectivity index (χ1n) is 6.38. The molecule has 0 amide bonds. The molecule has 0 spiro atoms. The molecule has 1 aromatic carbocycles. The van der Waals surface area contributed by atoms with E-state index < -0.39 is 27.2 Å². The Morgan fingerprint density at radius 2 is 1.76 bits per heavy atom. The fraction of sp³-hybridized carbons (Fsp3) is 0.286. The van der Waals surface area contributed by atoms with Crippen molar-refractivity contribution in [3.05, 3.63) is 52.4 Å². The van der Waals surface area contributed by atoms with Crippen LogP contribution in [0.25, 0.3) is 0 Å². The van der Waals surface area contributed by atoms with Crippen LogP contribution in [-0.4, -0.2) is 8.42 Å². The number of benzene rings is 1. The van der Waals surface area contributed by atoms with Crippen molar-refractivity contribution < 1.29 is 17.2 Å². The molecular weight excluding hydrogens is 316 g/mol. The largest absolute Gasteiger partial charge is 0.250 e. The zero-order valence-electron chi connectivity index (χ0n) is 11.2. The van der Waals surface area contributed by atoms with Gasteiger partial charge >= 0.3 is 0 Å². The predicted octanol–water partition coefficient (Wildman–Crippen LogP) is 3.30. The molecule has 1 N–H and O–H groups in total. The Morgan fingerprint density at radius 1 is 1.14 bits per heavy atom. The van der Waals surface area contributed by atoms with Gasteiger partial charge in [0.15, 0.2) is 0 Å². The lowest BCUT2D eigenvalue weighted by Gasteiger charge is -2.17. The number of hydrogen-bond donors (Lipinski definition) is 1. The molecule has 1 heterocycles. The summed E-state index contributed by atoms with van der Waals surface area (Å²) in [4.78, 5) is 0.886. The lowest BCUT2D eigenvalue weighted by molar-refractivity contribution is 0.540. The van der Waals surface area contributed by atoms with Crippen molar-refractivity contribution in [2.75, 3.05) is 0 Å². The van der Waals surface area contributed by atoms with Gasteiger partial charge in [0.2, 0.25) is 0 Å². The molecule has 0 aliphatic heterocycles. The standard InChI is InChI=1S/C14H13F2NO2S2/c1-9-2-3-13(20-9)21(18,19)17-14(4-5-14)10-6-11(15)8-12(16)7-10/h2-3,6-8,17H,4-5H2,1H3. The molecule has 7 heteroatoms. The van der Waals surface area contributed by atoms with Crippen molar-refractivity contribution in [3.8, 4) is 0 Å². The molecule has 1 aliphatic carbocycles. The third kappa shape index (κ3) is 2.86. The number of hydrogen-bond acceptors (Lipinski definition) is 3. The number of aryl methyl sites for hydroxylation is 1. The van der Waals surface area contributed by atoms with E-state index in [1.54, 1.807) is 6.07 Å². The van der Waals surface area contributed by atoms with Crippen molar-refractivity contribution in [1.82, 2.24) is 4.72 Å². The second kappa shape index (κ2) is 4.86. The van der Waals surface area contributed by atoms with Crippen LogP contribution in [-0.2, 0) is 15.6 Å². The fourth-order valence-electron chi connectivity index (χ4n) is 2.27. The molecule has 0 unspecified atom stereocenters. The SMILES string of the molecule is Cc1ccc(S(=O)(=O)NC2(c3cc(F)cc(F)c3)CC2)s1. The summed E-state index contributed by atoms with van der Waals surface area (Å²) >= 11 is 1.17. The zero-order chi connectivity index (χ0) is 15.3.